The number of fused-ring (bicyclic) bond motifs is 1. The summed E-state index contributed by atoms with van der Waals surface area (Å²) in [5.41, 5.74) is 0.222. The van der Waals surface area contributed by atoms with Crippen LogP contribution >= 0.6 is 0 Å². The Labute approximate surface area is 72.2 Å². The molecule has 0 radical (unpaired) electrons. The van der Waals surface area contributed by atoms with Gasteiger partial charge in [0.05, 0.1) is 16.5 Å². The Kier molecular flexibility index (Phi) is 1.42. The van der Waals surface area contributed by atoms with Gasteiger partial charge in [-0.15, -0.1) is 0 Å². The highest BCUT2D eigenvalue weighted by atomic mass is 16.6. The summed E-state index contributed by atoms with van der Waals surface area (Å²) < 4.78 is 0.801. The smallest absolute Gasteiger partial charge is 0.297 e. The van der Waals surface area contributed by atoms with Crippen molar-refractivity contribution >= 4 is 16.6 Å². The van der Waals surface area contributed by atoms with Crippen LogP contribution in [0, 0.1) is 10.1 Å². The third-order valence-corrected chi connectivity index (χ3v) is 1.77. The van der Waals surface area contributed by atoms with Crippen molar-refractivity contribution in [1.29, 1.82) is 0 Å². The van der Waals surface area contributed by atoms with Crippen LogP contribution in [-0.2, 0) is 0 Å². The normalized spacial score (nSPS) is 10.5. The van der Waals surface area contributed by atoms with E-state index in [1.165, 1.54) is 18.5 Å². The molecular weight excluding hydrogens is 174 g/mol. The molecule has 0 amide bonds. The molecule has 2 aromatic heterocycles. The highest BCUT2D eigenvalue weighted by Crippen LogP contribution is 2.23. The molecule has 66 valence electrons. The molecule has 0 unspecified atom stereocenters. The Hall–Kier alpha value is -2.11. The van der Waals surface area contributed by atoms with Crippen LogP contribution in [0.1, 0.15) is 0 Å². The highest BCUT2D eigenvalue weighted by Gasteiger charge is 2.13. The van der Waals surface area contributed by atoms with Gasteiger partial charge in [0, 0.05) is 6.20 Å². The van der Waals surface area contributed by atoms with E-state index in [1.54, 1.807) is 0 Å². The molecule has 1 N–H and O–H groups in total. The lowest BCUT2D eigenvalue weighted by molar-refractivity contribution is -0.383. The van der Waals surface area contributed by atoms with Gasteiger partial charge in [-0.05, 0) is 6.07 Å². The molecule has 0 atom stereocenters. The van der Waals surface area contributed by atoms with E-state index in [2.05, 4.69) is 4.98 Å². The van der Waals surface area contributed by atoms with Gasteiger partial charge in [-0.25, -0.2) is 0 Å². The molecule has 6 heteroatoms. The summed E-state index contributed by atoms with van der Waals surface area (Å²) in [6, 6.07) is 1.47. The van der Waals surface area contributed by atoms with E-state index in [1.807, 2.05) is 0 Å². The summed E-state index contributed by atoms with van der Waals surface area (Å²) in [4.78, 5) is 13.6. The topological polar surface area (TPSA) is 81.2 Å². The average molecular weight is 179 g/mol. The molecule has 2 heterocycles. The second-order valence-electron chi connectivity index (χ2n) is 2.51. The van der Waals surface area contributed by atoms with E-state index in [9.17, 15) is 15.3 Å². The van der Waals surface area contributed by atoms with Crippen LogP contribution in [0.2, 0.25) is 0 Å². The highest BCUT2D eigenvalue weighted by molar-refractivity contribution is 5.87. The molecule has 0 aliphatic rings. The molecule has 0 saturated carbocycles. The summed E-state index contributed by atoms with van der Waals surface area (Å²) in [5.74, 6) is 0. The van der Waals surface area contributed by atoms with Crippen molar-refractivity contribution in [3.05, 3.63) is 34.8 Å². The largest absolute Gasteiger partial charge is 0.428 e. The monoisotopic (exact) mass is 179 g/mol. The maximum atomic E-state index is 10.5. The van der Waals surface area contributed by atoms with Gasteiger partial charge in [-0.2, -0.15) is 4.73 Å². The summed E-state index contributed by atoms with van der Waals surface area (Å²) in [6.45, 7) is 0. The van der Waals surface area contributed by atoms with E-state index in [0.717, 1.165) is 10.9 Å². The minimum absolute atomic E-state index is 0.106. The molecule has 0 spiro atoms. The Morgan fingerprint density at radius 3 is 3.00 bits per heavy atom. The number of nitro groups is 1. The maximum absolute atomic E-state index is 10.5. The zero-order chi connectivity index (χ0) is 9.42. The van der Waals surface area contributed by atoms with Gasteiger partial charge in [-0.3, -0.25) is 15.1 Å². The first-order chi connectivity index (χ1) is 6.20. The zero-order valence-electron chi connectivity index (χ0n) is 6.41. The summed E-state index contributed by atoms with van der Waals surface area (Å²) in [7, 11) is 0. The van der Waals surface area contributed by atoms with Crippen LogP contribution in [0.3, 0.4) is 0 Å². The lowest BCUT2D eigenvalue weighted by atomic mass is 10.3. The molecular formula is C7H5N3O3. The van der Waals surface area contributed by atoms with E-state index >= 15 is 0 Å². The molecule has 2 rings (SSSR count). The van der Waals surface area contributed by atoms with Gasteiger partial charge >= 0.3 is 0 Å². The van der Waals surface area contributed by atoms with Crippen molar-refractivity contribution in [1.82, 2.24) is 9.71 Å². The van der Waals surface area contributed by atoms with Gasteiger partial charge in [0.15, 0.2) is 0 Å². The minimum Gasteiger partial charge on any atom is -0.428 e. The third-order valence-electron chi connectivity index (χ3n) is 1.77. The van der Waals surface area contributed by atoms with Crippen molar-refractivity contribution in [3.8, 4) is 0 Å². The Morgan fingerprint density at radius 2 is 2.31 bits per heavy atom. The first kappa shape index (κ1) is 7.53. The average Bonchev–Trinajstić information content (AvgIpc) is 2.48. The number of hydrogen-bond acceptors (Lipinski definition) is 4. The molecule has 13 heavy (non-hydrogen) atoms. The molecule has 6 nitrogen and oxygen atoms in total. The molecule has 2 aromatic rings. The van der Waals surface area contributed by atoms with Gasteiger partial charge in [0.1, 0.15) is 11.7 Å². The van der Waals surface area contributed by atoms with Crippen LogP contribution in [0.15, 0.2) is 24.7 Å². The number of pyridine rings is 1. The SMILES string of the molecule is O=[N+]([O-])c1cncc2c1ccn2O. The van der Waals surface area contributed by atoms with Gasteiger partial charge in [0.2, 0.25) is 0 Å². The molecule has 0 aromatic carbocycles. The van der Waals surface area contributed by atoms with E-state index in [-0.39, 0.29) is 5.69 Å². The van der Waals surface area contributed by atoms with Crippen molar-refractivity contribution in [2.75, 3.05) is 0 Å². The summed E-state index contributed by atoms with van der Waals surface area (Å²) in [5, 5.41) is 20.0. The number of rotatable bonds is 1. The number of aromatic nitrogens is 2. The molecule has 0 aliphatic carbocycles. The van der Waals surface area contributed by atoms with Crippen molar-refractivity contribution in [2.24, 2.45) is 0 Å². The van der Waals surface area contributed by atoms with Gasteiger partial charge < -0.3 is 5.21 Å². The van der Waals surface area contributed by atoms with E-state index in [4.69, 9.17) is 0 Å². The fraction of sp³-hybridized carbons (Fsp3) is 0. The standard InChI is InChI=1S/C7H5N3O3/c11-9-2-1-5-6(9)3-8-4-7(5)10(12)13/h1-4,11H. The van der Waals surface area contributed by atoms with Gasteiger partial charge in [-0.1, -0.05) is 0 Å². The molecule has 0 fully saturated rings. The Morgan fingerprint density at radius 1 is 1.54 bits per heavy atom. The Bertz CT molecular complexity index is 477. The van der Waals surface area contributed by atoms with Crippen LogP contribution in [0.25, 0.3) is 10.9 Å². The van der Waals surface area contributed by atoms with Crippen LogP contribution in [0.5, 0.6) is 0 Å². The van der Waals surface area contributed by atoms with Crippen molar-refractivity contribution < 1.29 is 10.1 Å². The number of hydrogen-bond donors (Lipinski definition) is 1. The predicted octanol–water partition coefficient (Wildman–Crippen LogP) is 1.18. The zero-order valence-corrected chi connectivity index (χ0v) is 6.41. The first-order valence-corrected chi connectivity index (χ1v) is 3.49. The van der Waals surface area contributed by atoms with E-state index < -0.39 is 4.92 Å². The summed E-state index contributed by atoms with van der Waals surface area (Å²) >= 11 is 0. The summed E-state index contributed by atoms with van der Waals surface area (Å²) in [6.07, 6.45) is 3.85. The van der Waals surface area contributed by atoms with E-state index in [0.29, 0.717) is 10.9 Å². The van der Waals surface area contributed by atoms with Crippen LogP contribution < -0.4 is 0 Å². The molecule has 0 saturated heterocycles. The minimum atomic E-state index is -0.532. The Balaban J connectivity index is 2.84. The second kappa shape index (κ2) is 2.44. The van der Waals surface area contributed by atoms with Crippen LogP contribution in [0.4, 0.5) is 5.69 Å². The second-order valence-corrected chi connectivity index (χ2v) is 2.51. The molecule has 0 aliphatic heterocycles. The first-order valence-electron chi connectivity index (χ1n) is 3.49. The fourth-order valence-electron chi connectivity index (χ4n) is 1.17. The lowest BCUT2D eigenvalue weighted by Crippen LogP contribution is -1.91. The third kappa shape index (κ3) is 0.994. The van der Waals surface area contributed by atoms with Crippen molar-refractivity contribution in [3.63, 3.8) is 0 Å². The molecule has 0 bridgehead atoms. The van der Waals surface area contributed by atoms with Gasteiger partial charge in [0.25, 0.3) is 5.69 Å². The quantitative estimate of drug-likeness (QED) is 0.405. The maximum Gasteiger partial charge on any atom is 0.297 e. The van der Waals surface area contributed by atoms with Crippen LogP contribution in [-0.4, -0.2) is 19.8 Å². The lowest BCUT2D eigenvalue weighted by Gasteiger charge is -1.94. The number of nitrogens with zero attached hydrogens (tertiary/aromatic N) is 3. The fourth-order valence-corrected chi connectivity index (χ4v) is 1.17. The van der Waals surface area contributed by atoms with Crippen molar-refractivity contribution in [2.45, 2.75) is 0 Å². The predicted molar refractivity (Wildman–Crippen MR) is 43.6 cm³/mol.